The van der Waals surface area contributed by atoms with E-state index >= 15 is 0 Å². The molecule has 0 aliphatic heterocycles. The summed E-state index contributed by atoms with van der Waals surface area (Å²) in [5.41, 5.74) is 3.73. The van der Waals surface area contributed by atoms with Crippen LogP contribution in [0, 0.1) is 13.8 Å². The van der Waals surface area contributed by atoms with Crippen molar-refractivity contribution in [1.29, 1.82) is 0 Å². The molecule has 26 heavy (non-hydrogen) atoms. The van der Waals surface area contributed by atoms with Crippen molar-refractivity contribution in [3.63, 3.8) is 0 Å². The van der Waals surface area contributed by atoms with Gasteiger partial charge < -0.3 is 4.18 Å². The molecule has 0 atom stereocenters. The van der Waals surface area contributed by atoms with Gasteiger partial charge in [0.1, 0.15) is 4.90 Å². The van der Waals surface area contributed by atoms with Crippen molar-refractivity contribution in [3.05, 3.63) is 71.4 Å². The van der Waals surface area contributed by atoms with Crippen LogP contribution in [0.3, 0.4) is 0 Å². The standard InChI is InChI=1S/C20H22N2O3S/c1-4-8-17-14-20(25-26(23,24)18-9-6-5-7-10-18)22(21-17)19-12-11-15(2)13-16(19)3/h5-7,9-14H,4,8H2,1-3H3. The molecule has 1 aromatic heterocycles. The van der Waals surface area contributed by atoms with E-state index in [4.69, 9.17) is 4.18 Å². The van der Waals surface area contributed by atoms with E-state index in [-0.39, 0.29) is 10.8 Å². The maximum Gasteiger partial charge on any atom is 0.340 e. The Morgan fingerprint density at radius 3 is 2.42 bits per heavy atom. The van der Waals surface area contributed by atoms with Gasteiger partial charge in [0.2, 0.25) is 5.88 Å². The molecule has 0 saturated carbocycles. The molecule has 5 nitrogen and oxygen atoms in total. The molecule has 0 radical (unpaired) electrons. The number of aryl methyl sites for hydroxylation is 3. The third-order valence-electron chi connectivity index (χ3n) is 4.04. The fourth-order valence-electron chi connectivity index (χ4n) is 2.81. The average Bonchev–Trinajstić information content (AvgIpc) is 2.97. The molecule has 0 fully saturated rings. The van der Waals surface area contributed by atoms with Gasteiger partial charge in [-0.1, -0.05) is 49.2 Å². The zero-order valence-electron chi connectivity index (χ0n) is 15.1. The fourth-order valence-corrected chi connectivity index (χ4v) is 3.74. The summed E-state index contributed by atoms with van der Waals surface area (Å²) in [6.07, 6.45) is 1.66. The van der Waals surface area contributed by atoms with E-state index in [9.17, 15) is 8.42 Å². The Balaban J connectivity index is 2.06. The number of rotatable bonds is 6. The third kappa shape index (κ3) is 3.80. The Labute approximate surface area is 154 Å². The predicted octanol–water partition coefficient (Wildman–Crippen LogP) is 4.21. The quantitative estimate of drug-likeness (QED) is 0.610. The molecule has 0 amide bonds. The highest BCUT2D eigenvalue weighted by atomic mass is 32.2. The lowest BCUT2D eigenvalue weighted by Crippen LogP contribution is -2.13. The SMILES string of the molecule is CCCc1cc(OS(=O)(=O)c2ccccc2)n(-c2ccc(C)cc2C)n1. The summed E-state index contributed by atoms with van der Waals surface area (Å²) in [6, 6.07) is 15.8. The molecule has 2 aromatic carbocycles. The van der Waals surface area contributed by atoms with Crippen LogP contribution >= 0.6 is 0 Å². The van der Waals surface area contributed by atoms with Crippen molar-refractivity contribution >= 4 is 10.1 Å². The van der Waals surface area contributed by atoms with Gasteiger partial charge in [0.05, 0.1) is 11.4 Å². The summed E-state index contributed by atoms with van der Waals surface area (Å²) in [6.45, 7) is 6.04. The number of nitrogens with zero attached hydrogens (tertiary/aromatic N) is 2. The van der Waals surface area contributed by atoms with E-state index in [1.807, 2.05) is 32.0 Å². The monoisotopic (exact) mass is 370 g/mol. The van der Waals surface area contributed by atoms with Crippen LogP contribution in [0.5, 0.6) is 5.88 Å². The highest BCUT2D eigenvalue weighted by molar-refractivity contribution is 7.87. The predicted molar refractivity (Wildman–Crippen MR) is 101 cm³/mol. The lowest BCUT2D eigenvalue weighted by atomic mass is 10.1. The van der Waals surface area contributed by atoms with Gasteiger partial charge in [-0.05, 0) is 44.0 Å². The number of hydrogen-bond donors (Lipinski definition) is 0. The van der Waals surface area contributed by atoms with Crippen molar-refractivity contribution < 1.29 is 12.6 Å². The largest absolute Gasteiger partial charge is 0.358 e. The Morgan fingerprint density at radius 1 is 1.04 bits per heavy atom. The van der Waals surface area contributed by atoms with E-state index in [0.29, 0.717) is 0 Å². The summed E-state index contributed by atoms with van der Waals surface area (Å²) >= 11 is 0. The number of hydrogen-bond acceptors (Lipinski definition) is 4. The first-order valence-corrected chi connectivity index (χ1v) is 9.97. The van der Waals surface area contributed by atoms with Crippen molar-refractivity contribution in [2.45, 2.75) is 38.5 Å². The highest BCUT2D eigenvalue weighted by Gasteiger charge is 2.21. The molecule has 0 unspecified atom stereocenters. The molecule has 0 saturated heterocycles. The summed E-state index contributed by atoms with van der Waals surface area (Å²) in [7, 11) is -3.93. The van der Waals surface area contributed by atoms with Gasteiger partial charge in [0.15, 0.2) is 0 Å². The molecule has 3 rings (SSSR count). The van der Waals surface area contributed by atoms with Gasteiger partial charge in [0, 0.05) is 6.07 Å². The molecule has 0 aliphatic rings. The normalized spacial score (nSPS) is 11.5. The second-order valence-electron chi connectivity index (χ2n) is 6.28. The molecule has 1 heterocycles. The minimum atomic E-state index is -3.93. The molecular weight excluding hydrogens is 348 g/mol. The van der Waals surface area contributed by atoms with Crippen molar-refractivity contribution in [2.75, 3.05) is 0 Å². The van der Waals surface area contributed by atoms with E-state index < -0.39 is 10.1 Å². The van der Waals surface area contributed by atoms with Gasteiger partial charge in [-0.3, -0.25) is 0 Å². The van der Waals surface area contributed by atoms with Crippen molar-refractivity contribution in [2.24, 2.45) is 0 Å². The molecular formula is C20H22N2O3S. The van der Waals surface area contributed by atoms with Crippen LogP contribution < -0.4 is 4.18 Å². The average molecular weight is 370 g/mol. The van der Waals surface area contributed by atoms with Gasteiger partial charge in [0.25, 0.3) is 0 Å². The minimum Gasteiger partial charge on any atom is -0.358 e. The van der Waals surface area contributed by atoms with Gasteiger partial charge in [-0.25, -0.2) is 0 Å². The summed E-state index contributed by atoms with van der Waals surface area (Å²) < 4.78 is 32.3. The molecule has 0 aliphatic carbocycles. The minimum absolute atomic E-state index is 0.116. The topological polar surface area (TPSA) is 61.2 Å². The Morgan fingerprint density at radius 2 is 1.77 bits per heavy atom. The van der Waals surface area contributed by atoms with Crippen LogP contribution in [0.1, 0.15) is 30.2 Å². The molecule has 0 spiro atoms. The third-order valence-corrected chi connectivity index (χ3v) is 5.28. The second kappa shape index (κ2) is 7.33. The Kier molecular flexibility index (Phi) is 5.13. The van der Waals surface area contributed by atoms with E-state index in [0.717, 1.165) is 35.3 Å². The van der Waals surface area contributed by atoms with E-state index in [2.05, 4.69) is 12.0 Å². The van der Waals surface area contributed by atoms with Gasteiger partial charge >= 0.3 is 10.1 Å². The second-order valence-corrected chi connectivity index (χ2v) is 7.82. The Hall–Kier alpha value is -2.60. The molecule has 3 aromatic rings. The Bertz CT molecular complexity index is 1010. The van der Waals surface area contributed by atoms with Gasteiger partial charge in [-0.2, -0.15) is 18.2 Å². The van der Waals surface area contributed by atoms with Crippen LogP contribution in [0.25, 0.3) is 5.69 Å². The number of benzene rings is 2. The van der Waals surface area contributed by atoms with Gasteiger partial charge in [-0.15, -0.1) is 0 Å². The maximum atomic E-state index is 12.6. The smallest absolute Gasteiger partial charge is 0.340 e. The fraction of sp³-hybridized carbons (Fsp3) is 0.250. The molecule has 6 heteroatoms. The lowest BCUT2D eigenvalue weighted by molar-refractivity contribution is 0.464. The van der Waals surface area contributed by atoms with Crippen molar-refractivity contribution in [3.8, 4) is 11.6 Å². The summed E-state index contributed by atoms with van der Waals surface area (Å²) in [5.74, 6) is 0.198. The molecule has 0 N–H and O–H groups in total. The first-order chi connectivity index (χ1) is 12.4. The van der Waals surface area contributed by atoms with Crippen LogP contribution in [-0.4, -0.2) is 18.2 Å². The molecule has 0 bridgehead atoms. The zero-order valence-corrected chi connectivity index (χ0v) is 16.0. The van der Waals surface area contributed by atoms with Crippen LogP contribution in [0.2, 0.25) is 0 Å². The van der Waals surface area contributed by atoms with Crippen LogP contribution in [-0.2, 0) is 16.5 Å². The first kappa shape index (κ1) is 18.2. The van der Waals surface area contributed by atoms with Crippen LogP contribution in [0.4, 0.5) is 0 Å². The van der Waals surface area contributed by atoms with E-state index in [1.54, 1.807) is 28.9 Å². The summed E-state index contributed by atoms with van der Waals surface area (Å²) in [4.78, 5) is 0.116. The van der Waals surface area contributed by atoms with E-state index in [1.165, 1.54) is 12.1 Å². The first-order valence-electron chi connectivity index (χ1n) is 8.57. The lowest BCUT2D eigenvalue weighted by Gasteiger charge is -2.12. The number of aromatic nitrogens is 2. The van der Waals surface area contributed by atoms with Crippen molar-refractivity contribution in [1.82, 2.24) is 9.78 Å². The zero-order chi connectivity index (χ0) is 18.7. The maximum absolute atomic E-state index is 12.6. The van der Waals surface area contributed by atoms with Crippen LogP contribution in [0.15, 0.2) is 59.5 Å². The molecule has 136 valence electrons. The summed E-state index contributed by atoms with van der Waals surface area (Å²) in [5, 5.41) is 4.57. The highest BCUT2D eigenvalue weighted by Crippen LogP contribution is 2.26.